The second kappa shape index (κ2) is 5.30. The van der Waals surface area contributed by atoms with Gasteiger partial charge in [0.15, 0.2) is 0 Å². The monoisotopic (exact) mass is 303 g/mol. The molecule has 2 heterocycles. The highest BCUT2D eigenvalue weighted by molar-refractivity contribution is 7.10. The average Bonchev–Trinajstić information content (AvgIpc) is 3.23. The zero-order valence-electron chi connectivity index (χ0n) is 11.7. The molecule has 0 saturated carbocycles. The second-order valence-corrected chi connectivity index (χ2v) is 6.21. The van der Waals surface area contributed by atoms with Crippen LogP contribution in [0.25, 0.3) is 16.3 Å². The van der Waals surface area contributed by atoms with Gasteiger partial charge in [-0.3, -0.25) is 0 Å². The van der Waals surface area contributed by atoms with Crippen molar-refractivity contribution in [1.82, 2.24) is 5.32 Å². The Hall–Kier alpha value is -2.61. The fraction of sp³-hybridized carbons (Fsp3) is 0.0526. The van der Waals surface area contributed by atoms with Crippen LogP contribution in [0.1, 0.15) is 16.4 Å². The number of thiophene rings is 1. The van der Waals surface area contributed by atoms with Crippen LogP contribution in [-0.2, 0) is 4.79 Å². The highest BCUT2D eigenvalue weighted by atomic mass is 32.1. The van der Waals surface area contributed by atoms with E-state index in [-0.39, 0.29) is 5.92 Å². The van der Waals surface area contributed by atoms with Gasteiger partial charge in [-0.1, -0.05) is 48.5 Å². The number of hydrogen-bond acceptors (Lipinski definition) is 3. The molecule has 4 rings (SSSR count). The van der Waals surface area contributed by atoms with E-state index in [0.29, 0.717) is 5.70 Å². The van der Waals surface area contributed by atoms with Gasteiger partial charge in [0.2, 0.25) is 0 Å². The van der Waals surface area contributed by atoms with Crippen molar-refractivity contribution < 1.29 is 4.79 Å². The van der Waals surface area contributed by atoms with Gasteiger partial charge in [-0.25, -0.2) is 4.79 Å². The minimum Gasteiger partial charge on any atom is -0.355 e. The Morgan fingerprint density at radius 2 is 1.86 bits per heavy atom. The van der Waals surface area contributed by atoms with Crippen LogP contribution in [0, 0.1) is 0 Å². The van der Waals surface area contributed by atoms with Crippen LogP contribution in [0.5, 0.6) is 0 Å². The van der Waals surface area contributed by atoms with Gasteiger partial charge in [-0.15, -0.1) is 11.3 Å². The molecule has 0 aliphatic carbocycles. The topological polar surface area (TPSA) is 29.1 Å². The molecule has 0 spiro atoms. The van der Waals surface area contributed by atoms with E-state index in [1.807, 2.05) is 29.8 Å². The zero-order valence-corrected chi connectivity index (χ0v) is 12.6. The van der Waals surface area contributed by atoms with Gasteiger partial charge in [0.1, 0.15) is 11.6 Å². The summed E-state index contributed by atoms with van der Waals surface area (Å²) in [6.45, 7) is 0. The maximum Gasteiger partial charge on any atom is 0.146 e. The van der Waals surface area contributed by atoms with E-state index in [2.05, 4.69) is 47.7 Å². The maximum absolute atomic E-state index is 11.3. The molecule has 1 atom stereocenters. The highest BCUT2D eigenvalue weighted by Gasteiger charge is 2.29. The summed E-state index contributed by atoms with van der Waals surface area (Å²) in [7, 11) is 0. The number of allylic oxidation sites excluding steroid dienone is 1. The minimum atomic E-state index is -0.0525. The van der Waals surface area contributed by atoms with E-state index in [1.54, 1.807) is 11.3 Å². The molecule has 3 aromatic rings. The quantitative estimate of drug-likeness (QED) is 0.713. The third-order valence-corrected chi connectivity index (χ3v) is 4.96. The van der Waals surface area contributed by atoms with Gasteiger partial charge in [0, 0.05) is 11.1 Å². The van der Waals surface area contributed by atoms with Gasteiger partial charge in [-0.05, 0) is 33.4 Å². The Kier molecular flexibility index (Phi) is 3.15. The predicted octanol–water partition coefficient (Wildman–Crippen LogP) is 4.34. The van der Waals surface area contributed by atoms with Crippen molar-refractivity contribution in [2.24, 2.45) is 0 Å². The molecule has 3 heteroatoms. The lowest BCUT2D eigenvalue weighted by Gasteiger charge is -2.15. The van der Waals surface area contributed by atoms with E-state index in [4.69, 9.17) is 0 Å². The molecular weight excluding hydrogens is 290 g/mol. The molecule has 1 unspecified atom stereocenters. The molecule has 1 aromatic heterocycles. The Bertz CT molecular complexity index is 912. The Morgan fingerprint density at radius 3 is 2.68 bits per heavy atom. The fourth-order valence-corrected chi connectivity index (χ4v) is 3.88. The number of benzene rings is 2. The van der Waals surface area contributed by atoms with E-state index >= 15 is 0 Å². The molecule has 1 N–H and O–H groups in total. The van der Waals surface area contributed by atoms with Crippen LogP contribution in [0.4, 0.5) is 0 Å². The Balaban J connectivity index is 1.92. The second-order valence-electron chi connectivity index (χ2n) is 5.23. The van der Waals surface area contributed by atoms with Crippen molar-refractivity contribution in [1.29, 1.82) is 0 Å². The number of fused-ring (bicyclic) bond motifs is 1. The summed E-state index contributed by atoms with van der Waals surface area (Å²) in [6.07, 6.45) is 1.94. The van der Waals surface area contributed by atoms with E-state index in [1.165, 1.54) is 10.8 Å². The fourth-order valence-electron chi connectivity index (χ4n) is 3.03. The summed E-state index contributed by atoms with van der Waals surface area (Å²) in [6, 6.07) is 18.7. The number of hydrogen-bond donors (Lipinski definition) is 1. The van der Waals surface area contributed by atoms with Crippen molar-refractivity contribution in [3.05, 3.63) is 82.3 Å². The summed E-state index contributed by atoms with van der Waals surface area (Å²) >= 11 is 1.66. The van der Waals surface area contributed by atoms with Crippen LogP contribution >= 0.6 is 11.3 Å². The maximum atomic E-state index is 11.3. The Labute approximate surface area is 132 Å². The molecule has 0 fully saturated rings. The van der Waals surface area contributed by atoms with E-state index < -0.39 is 0 Å². The molecule has 0 amide bonds. The van der Waals surface area contributed by atoms with Gasteiger partial charge in [0.05, 0.1) is 5.92 Å². The smallest absolute Gasteiger partial charge is 0.146 e. The SMILES string of the molecule is O=C=C1NC=C(c2cccc3ccccc23)C1c1cccs1. The molecular formula is C19H13NOS. The third kappa shape index (κ3) is 2.00. The lowest BCUT2D eigenvalue weighted by atomic mass is 9.89. The summed E-state index contributed by atoms with van der Waals surface area (Å²) in [4.78, 5) is 12.5. The number of nitrogens with one attached hydrogen (secondary N) is 1. The molecule has 1 aliphatic rings. The first kappa shape index (κ1) is 13.1. The van der Waals surface area contributed by atoms with Gasteiger partial charge < -0.3 is 5.32 Å². The predicted molar refractivity (Wildman–Crippen MR) is 91.3 cm³/mol. The lowest BCUT2D eigenvalue weighted by molar-refractivity contribution is 0.565. The van der Waals surface area contributed by atoms with Crippen molar-refractivity contribution in [3.63, 3.8) is 0 Å². The lowest BCUT2D eigenvalue weighted by Crippen LogP contribution is -2.06. The van der Waals surface area contributed by atoms with Crippen molar-refractivity contribution in [2.45, 2.75) is 5.92 Å². The molecule has 106 valence electrons. The summed E-state index contributed by atoms with van der Waals surface area (Å²) in [5, 5.41) is 7.54. The molecule has 0 bridgehead atoms. The summed E-state index contributed by atoms with van der Waals surface area (Å²) in [5.41, 5.74) is 2.87. The Morgan fingerprint density at radius 1 is 1.00 bits per heavy atom. The molecule has 0 saturated heterocycles. The largest absolute Gasteiger partial charge is 0.355 e. The normalized spacial score (nSPS) is 17.2. The molecule has 2 aromatic carbocycles. The number of rotatable bonds is 2. The van der Waals surface area contributed by atoms with Gasteiger partial charge in [0.25, 0.3) is 0 Å². The van der Waals surface area contributed by atoms with Gasteiger partial charge >= 0.3 is 0 Å². The summed E-state index contributed by atoms with van der Waals surface area (Å²) < 4.78 is 0. The molecule has 2 nitrogen and oxygen atoms in total. The van der Waals surface area contributed by atoms with Crippen molar-refractivity contribution in [3.8, 4) is 0 Å². The van der Waals surface area contributed by atoms with Crippen LogP contribution in [0.15, 0.2) is 71.9 Å². The van der Waals surface area contributed by atoms with Crippen molar-refractivity contribution in [2.75, 3.05) is 0 Å². The number of carbonyl (C=O) groups excluding carboxylic acids is 1. The van der Waals surface area contributed by atoms with E-state index in [9.17, 15) is 4.79 Å². The van der Waals surface area contributed by atoms with Crippen LogP contribution in [-0.4, -0.2) is 5.94 Å². The first-order valence-electron chi connectivity index (χ1n) is 7.11. The zero-order chi connectivity index (χ0) is 14.9. The van der Waals surface area contributed by atoms with E-state index in [0.717, 1.165) is 16.0 Å². The van der Waals surface area contributed by atoms with Crippen molar-refractivity contribution >= 4 is 33.6 Å². The minimum absolute atomic E-state index is 0.0525. The highest BCUT2D eigenvalue weighted by Crippen LogP contribution is 2.43. The van der Waals surface area contributed by atoms with Crippen LogP contribution < -0.4 is 5.32 Å². The average molecular weight is 303 g/mol. The third-order valence-electron chi connectivity index (χ3n) is 4.02. The van der Waals surface area contributed by atoms with Crippen LogP contribution in [0.3, 0.4) is 0 Å². The molecule has 1 aliphatic heterocycles. The summed E-state index contributed by atoms with van der Waals surface area (Å²) in [5.74, 6) is 2.01. The van der Waals surface area contributed by atoms with Crippen LogP contribution in [0.2, 0.25) is 0 Å². The van der Waals surface area contributed by atoms with Gasteiger partial charge in [-0.2, -0.15) is 0 Å². The molecule has 0 radical (unpaired) electrons. The first-order chi connectivity index (χ1) is 10.9. The molecule has 22 heavy (non-hydrogen) atoms. The first-order valence-corrected chi connectivity index (χ1v) is 7.99. The standard InChI is InChI=1S/C19H13NOS/c21-12-17-19(18-9-4-10-22-18)16(11-20-17)15-8-3-6-13-5-1-2-7-14(13)15/h1-11,19-20H.